The lowest BCUT2D eigenvalue weighted by atomic mass is 9.89. The fraction of sp³-hybridized carbons (Fsp3) is 0.476. The minimum Gasteiger partial charge on any atom is -0.342 e. The Bertz CT molecular complexity index is 641. The second kappa shape index (κ2) is 9.16. The molecule has 1 saturated heterocycles. The molecule has 1 amide bonds. The molecule has 134 valence electrons. The zero-order chi connectivity index (χ0) is 17.5. The molecule has 2 heterocycles. The van der Waals surface area contributed by atoms with E-state index >= 15 is 0 Å². The average molecular weight is 357 g/mol. The quantitative estimate of drug-likeness (QED) is 0.725. The van der Waals surface area contributed by atoms with Crippen molar-refractivity contribution >= 4 is 17.2 Å². The van der Waals surface area contributed by atoms with Crippen molar-refractivity contribution in [2.45, 2.75) is 38.0 Å². The molecule has 1 aromatic heterocycles. The van der Waals surface area contributed by atoms with Crippen LogP contribution in [0.25, 0.3) is 0 Å². The zero-order valence-electron chi connectivity index (χ0n) is 14.8. The topological polar surface area (TPSA) is 46.3 Å². The van der Waals surface area contributed by atoms with Gasteiger partial charge in [-0.2, -0.15) is 0 Å². The number of benzene rings is 1. The number of carbonyl (C=O) groups excluding carboxylic acids is 1. The van der Waals surface area contributed by atoms with Gasteiger partial charge in [0, 0.05) is 30.3 Å². The van der Waals surface area contributed by atoms with E-state index in [9.17, 15) is 4.79 Å². The van der Waals surface area contributed by atoms with E-state index in [0.29, 0.717) is 30.7 Å². The molecule has 2 atom stereocenters. The van der Waals surface area contributed by atoms with E-state index < -0.39 is 0 Å². The SMILES string of the molecule is NC[C@@H]1CN(C(=O)CCCCCc2cccs2)C[C@H]1c1ccccc1. The first-order chi connectivity index (χ1) is 12.3. The summed E-state index contributed by atoms with van der Waals surface area (Å²) < 4.78 is 0. The van der Waals surface area contributed by atoms with Crippen LogP contribution in [-0.4, -0.2) is 30.4 Å². The molecular weight excluding hydrogens is 328 g/mol. The number of carbonyl (C=O) groups is 1. The van der Waals surface area contributed by atoms with Crippen LogP contribution in [0.4, 0.5) is 0 Å². The summed E-state index contributed by atoms with van der Waals surface area (Å²) in [6.45, 7) is 2.27. The van der Waals surface area contributed by atoms with Crippen LogP contribution in [0.1, 0.15) is 42.0 Å². The largest absolute Gasteiger partial charge is 0.342 e. The predicted molar refractivity (Wildman–Crippen MR) is 105 cm³/mol. The van der Waals surface area contributed by atoms with Crippen molar-refractivity contribution in [2.75, 3.05) is 19.6 Å². The van der Waals surface area contributed by atoms with Gasteiger partial charge in [0.15, 0.2) is 0 Å². The van der Waals surface area contributed by atoms with E-state index in [0.717, 1.165) is 32.4 Å². The Kier molecular flexibility index (Phi) is 6.65. The second-order valence-electron chi connectivity index (χ2n) is 6.95. The lowest BCUT2D eigenvalue weighted by Crippen LogP contribution is -2.29. The molecule has 0 unspecified atom stereocenters. The van der Waals surface area contributed by atoms with Gasteiger partial charge in [-0.15, -0.1) is 11.3 Å². The summed E-state index contributed by atoms with van der Waals surface area (Å²) in [6.07, 6.45) is 5.10. The van der Waals surface area contributed by atoms with Crippen LogP contribution < -0.4 is 5.73 Å². The van der Waals surface area contributed by atoms with Crippen LogP contribution >= 0.6 is 11.3 Å². The average Bonchev–Trinajstić information content (AvgIpc) is 3.31. The van der Waals surface area contributed by atoms with Gasteiger partial charge < -0.3 is 10.6 Å². The maximum atomic E-state index is 12.6. The highest BCUT2D eigenvalue weighted by Crippen LogP contribution is 2.32. The molecule has 0 bridgehead atoms. The van der Waals surface area contributed by atoms with Gasteiger partial charge in [0.25, 0.3) is 0 Å². The first kappa shape index (κ1) is 18.2. The first-order valence-corrected chi connectivity index (χ1v) is 10.2. The number of thiophene rings is 1. The van der Waals surface area contributed by atoms with E-state index in [2.05, 4.69) is 41.8 Å². The summed E-state index contributed by atoms with van der Waals surface area (Å²) >= 11 is 1.82. The highest BCUT2D eigenvalue weighted by Gasteiger charge is 2.34. The van der Waals surface area contributed by atoms with E-state index in [1.807, 2.05) is 22.3 Å². The molecule has 1 aromatic carbocycles. The molecule has 1 fully saturated rings. The normalized spacial score (nSPS) is 20.1. The molecule has 0 aliphatic carbocycles. The number of hydrogen-bond donors (Lipinski definition) is 1. The van der Waals surface area contributed by atoms with Crippen LogP contribution in [0.2, 0.25) is 0 Å². The van der Waals surface area contributed by atoms with Crippen LogP contribution in [0.15, 0.2) is 47.8 Å². The third-order valence-electron chi connectivity index (χ3n) is 5.22. The fourth-order valence-electron chi connectivity index (χ4n) is 3.76. The number of nitrogens with zero attached hydrogens (tertiary/aromatic N) is 1. The van der Waals surface area contributed by atoms with Gasteiger partial charge in [-0.1, -0.05) is 42.8 Å². The molecule has 1 aliphatic rings. The van der Waals surface area contributed by atoms with E-state index in [-0.39, 0.29) is 0 Å². The summed E-state index contributed by atoms with van der Waals surface area (Å²) in [6, 6.07) is 14.8. The van der Waals surface area contributed by atoms with Crippen molar-refractivity contribution in [3.05, 3.63) is 58.3 Å². The highest BCUT2D eigenvalue weighted by molar-refractivity contribution is 7.09. The standard InChI is InChI=1S/C21H28N2OS/c22-14-18-15-23(16-20(18)17-8-3-1-4-9-17)21(24)12-6-2-5-10-19-11-7-13-25-19/h1,3-4,7-9,11,13,18,20H,2,5-6,10,12,14-16,22H2/t18-,20+/m1/s1. The summed E-state index contributed by atoms with van der Waals surface area (Å²) in [5.74, 6) is 1.06. The van der Waals surface area contributed by atoms with Gasteiger partial charge in [0.05, 0.1) is 0 Å². The molecule has 2 N–H and O–H groups in total. The second-order valence-corrected chi connectivity index (χ2v) is 7.98. The Labute approximate surface area is 154 Å². The monoisotopic (exact) mass is 356 g/mol. The first-order valence-electron chi connectivity index (χ1n) is 9.33. The fourth-order valence-corrected chi connectivity index (χ4v) is 4.51. The van der Waals surface area contributed by atoms with Crippen LogP contribution in [0.5, 0.6) is 0 Å². The predicted octanol–water partition coefficient (Wildman–Crippen LogP) is 4.05. The molecule has 1 aliphatic heterocycles. The van der Waals surface area contributed by atoms with Gasteiger partial charge in [-0.3, -0.25) is 4.79 Å². The third kappa shape index (κ3) is 4.93. The molecule has 3 nitrogen and oxygen atoms in total. The van der Waals surface area contributed by atoms with Gasteiger partial charge in [-0.25, -0.2) is 0 Å². The lowest BCUT2D eigenvalue weighted by molar-refractivity contribution is -0.130. The molecule has 3 rings (SSSR count). The number of aryl methyl sites for hydroxylation is 1. The molecule has 25 heavy (non-hydrogen) atoms. The third-order valence-corrected chi connectivity index (χ3v) is 6.15. The van der Waals surface area contributed by atoms with Crippen LogP contribution in [0, 0.1) is 5.92 Å². The smallest absolute Gasteiger partial charge is 0.222 e. The van der Waals surface area contributed by atoms with E-state index in [1.165, 1.54) is 16.9 Å². The molecule has 2 aromatic rings. The molecular formula is C21H28N2OS. The Morgan fingerprint density at radius 1 is 1.08 bits per heavy atom. The molecule has 4 heteroatoms. The molecule has 0 spiro atoms. The molecule has 0 saturated carbocycles. The lowest BCUT2D eigenvalue weighted by Gasteiger charge is -2.17. The number of rotatable bonds is 8. The van der Waals surface area contributed by atoms with Crippen molar-refractivity contribution in [1.29, 1.82) is 0 Å². The van der Waals surface area contributed by atoms with Crippen molar-refractivity contribution in [3.63, 3.8) is 0 Å². The van der Waals surface area contributed by atoms with Crippen LogP contribution in [-0.2, 0) is 11.2 Å². The van der Waals surface area contributed by atoms with Crippen LogP contribution in [0.3, 0.4) is 0 Å². The number of nitrogens with two attached hydrogens (primary N) is 1. The van der Waals surface area contributed by atoms with E-state index in [1.54, 1.807) is 0 Å². The number of likely N-dealkylation sites (tertiary alicyclic amines) is 1. The van der Waals surface area contributed by atoms with Gasteiger partial charge >= 0.3 is 0 Å². The number of amides is 1. The Balaban J connectivity index is 1.43. The maximum absolute atomic E-state index is 12.6. The summed E-state index contributed by atoms with van der Waals surface area (Å²) in [5, 5.41) is 2.13. The van der Waals surface area contributed by atoms with Crippen molar-refractivity contribution in [3.8, 4) is 0 Å². The summed E-state index contributed by atoms with van der Waals surface area (Å²) in [4.78, 5) is 16.0. The number of unbranched alkanes of at least 4 members (excludes halogenated alkanes) is 2. The highest BCUT2D eigenvalue weighted by atomic mass is 32.1. The minimum absolute atomic E-state index is 0.299. The summed E-state index contributed by atoms with van der Waals surface area (Å²) in [7, 11) is 0. The zero-order valence-corrected chi connectivity index (χ0v) is 15.6. The van der Waals surface area contributed by atoms with E-state index in [4.69, 9.17) is 5.73 Å². The van der Waals surface area contributed by atoms with Gasteiger partial charge in [0.2, 0.25) is 5.91 Å². The Hall–Kier alpha value is -1.65. The maximum Gasteiger partial charge on any atom is 0.222 e. The minimum atomic E-state index is 0.299. The Morgan fingerprint density at radius 2 is 1.92 bits per heavy atom. The Morgan fingerprint density at radius 3 is 2.64 bits per heavy atom. The van der Waals surface area contributed by atoms with Crippen molar-refractivity contribution in [1.82, 2.24) is 4.90 Å². The van der Waals surface area contributed by atoms with Crippen molar-refractivity contribution < 1.29 is 4.79 Å². The summed E-state index contributed by atoms with van der Waals surface area (Å²) in [5.41, 5.74) is 7.28. The molecule has 0 radical (unpaired) electrons. The van der Waals surface area contributed by atoms with Gasteiger partial charge in [-0.05, 0) is 48.7 Å². The number of hydrogen-bond acceptors (Lipinski definition) is 3. The van der Waals surface area contributed by atoms with Crippen molar-refractivity contribution in [2.24, 2.45) is 11.7 Å². The van der Waals surface area contributed by atoms with Gasteiger partial charge in [0.1, 0.15) is 0 Å².